The lowest BCUT2D eigenvalue weighted by Gasteiger charge is -1.97. The van der Waals surface area contributed by atoms with E-state index in [-0.39, 0.29) is 17.3 Å². The Balaban J connectivity index is 3.12. The Labute approximate surface area is 73.5 Å². The molecule has 12 heavy (non-hydrogen) atoms. The van der Waals surface area contributed by atoms with Crippen molar-refractivity contribution in [2.45, 2.75) is 6.61 Å². The van der Waals surface area contributed by atoms with Gasteiger partial charge < -0.3 is 5.11 Å². The topological polar surface area (TPSA) is 63.4 Å². The standard InChI is InChI=1S/C7H6ClNO3/c8-6-3-5(4-10)1-2-7(6)9(11)12/h1-3,10H,4H2. The summed E-state index contributed by atoms with van der Waals surface area (Å²) in [5.74, 6) is 0. The van der Waals surface area contributed by atoms with E-state index in [2.05, 4.69) is 0 Å². The second kappa shape index (κ2) is 3.51. The molecule has 1 rings (SSSR count). The second-order valence-electron chi connectivity index (χ2n) is 2.20. The first-order valence-corrected chi connectivity index (χ1v) is 3.56. The molecule has 1 N–H and O–H groups in total. The van der Waals surface area contributed by atoms with Crippen LogP contribution in [0.4, 0.5) is 5.69 Å². The molecule has 5 heteroatoms. The second-order valence-corrected chi connectivity index (χ2v) is 2.61. The highest BCUT2D eigenvalue weighted by atomic mass is 35.5. The van der Waals surface area contributed by atoms with E-state index < -0.39 is 4.92 Å². The number of hydrogen-bond donors (Lipinski definition) is 1. The van der Waals surface area contributed by atoms with Gasteiger partial charge >= 0.3 is 0 Å². The van der Waals surface area contributed by atoms with Crippen LogP contribution in [0.1, 0.15) is 5.56 Å². The van der Waals surface area contributed by atoms with Crippen LogP contribution in [0, 0.1) is 10.1 Å². The third-order valence-electron chi connectivity index (χ3n) is 1.39. The highest BCUT2D eigenvalue weighted by Gasteiger charge is 2.11. The van der Waals surface area contributed by atoms with E-state index in [4.69, 9.17) is 16.7 Å². The molecular formula is C7H6ClNO3. The molecular weight excluding hydrogens is 182 g/mol. The largest absolute Gasteiger partial charge is 0.392 e. The van der Waals surface area contributed by atoms with Crippen LogP contribution in [0.25, 0.3) is 0 Å². The maximum atomic E-state index is 10.3. The molecule has 0 heterocycles. The lowest BCUT2D eigenvalue weighted by atomic mass is 10.2. The van der Waals surface area contributed by atoms with Crippen molar-refractivity contribution in [3.63, 3.8) is 0 Å². The van der Waals surface area contributed by atoms with Crippen LogP contribution in [-0.2, 0) is 6.61 Å². The van der Waals surface area contributed by atoms with Gasteiger partial charge in [0, 0.05) is 6.07 Å². The summed E-state index contributed by atoms with van der Waals surface area (Å²) >= 11 is 5.55. The molecule has 0 aliphatic rings. The fraction of sp³-hybridized carbons (Fsp3) is 0.143. The zero-order valence-corrected chi connectivity index (χ0v) is 6.78. The number of aliphatic hydroxyl groups excluding tert-OH is 1. The lowest BCUT2D eigenvalue weighted by molar-refractivity contribution is -0.384. The number of hydrogen-bond acceptors (Lipinski definition) is 3. The average Bonchev–Trinajstić information content (AvgIpc) is 2.03. The van der Waals surface area contributed by atoms with Gasteiger partial charge in [0.25, 0.3) is 5.69 Å². The zero-order chi connectivity index (χ0) is 9.14. The zero-order valence-electron chi connectivity index (χ0n) is 6.03. The van der Waals surface area contributed by atoms with Crippen LogP contribution in [0.2, 0.25) is 5.02 Å². The fourth-order valence-electron chi connectivity index (χ4n) is 0.797. The molecule has 0 unspecified atom stereocenters. The molecule has 0 radical (unpaired) electrons. The molecule has 0 fully saturated rings. The van der Waals surface area contributed by atoms with Crippen molar-refractivity contribution in [2.24, 2.45) is 0 Å². The van der Waals surface area contributed by atoms with E-state index in [1.165, 1.54) is 18.2 Å². The smallest absolute Gasteiger partial charge is 0.287 e. The summed E-state index contributed by atoms with van der Waals surface area (Å²) in [6.45, 7) is -0.169. The number of rotatable bonds is 2. The molecule has 0 bridgehead atoms. The first-order valence-electron chi connectivity index (χ1n) is 3.19. The van der Waals surface area contributed by atoms with E-state index in [0.717, 1.165) is 0 Å². The molecule has 0 aromatic heterocycles. The first-order chi connectivity index (χ1) is 5.65. The predicted octanol–water partition coefficient (Wildman–Crippen LogP) is 1.74. The quantitative estimate of drug-likeness (QED) is 0.567. The van der Waals surface area contributed by atoms with Crippen molar-refractivity contribution in [2.75, 3.05) is 0 Å². The molecule has 4 nitrogen and oxygen atoms in total. The van der Waals surface area contributed by atoms with Gasteiger partial charge in [-0.2, -0.15) is 0 Å². The molecule has 0 saturated carbocycles. The summed E-state index contributed by atoms with van der Waals surface area (Å²) in [7, 11) is 0. The molecule has 1 aromatic carbocycles. The summed E-state index contributed by atoms with van der Waals surface area (Å²) in [5.41, 5.74) is 0.416. The molecule has 0 aliphatic carbocycles. The Hall–Kier alpha value is -1.13. The third-order valence-corrected chi connectivity index (χ3v) is 1.69. The van der Waals surface area contributed by atoms with Crippen molar-refractivity contribution in [1.82, 2.24) is 0 Å². The highest BCUT2D eigenvalue weighted by Crippen LogP contribution is 2.24. The molecule has 64 valence electrons. The van der Waals surface area contributed by atoms with Gasteiger partial charge in [-0.15, -0.1) is 0 Å². The van der Waals surface area contributed by atoms with Crippen LogP contribution in [-0.4, -0.2) is 10.0 Å². The van der Waals surface area contributed by atoms with Crippen molar-refractivity contribution >= 4 is 17.3 Å². The number of nitrogens with zero attached hydrogens (tertiary/aromatic N) is 1. The SMILES string of the molecule is O=[N+]([O-])c1ccc(CO)cc1Cl. The maximum Gasteiger partial charge on any atom is 0.287 e. The van der Waals surface area contributed by atoms with Gasteiger partial charge in [-0.1, -0.05) is 11.6 Å². The first kappa shape index (κ1) is 8.96. The minimum atomic E-state index is -0.566. The summed E-state index contributed by atoms with van der Waals surface area (Å²) in [6.07, 6.45) is 0. The van der Waals surface area contributed by atoms with Crippen LogP contribution in [0.15, 0.2) is 18.2 Å². The minimum absolute atomic E-state index is 0.0477. The Kier molecular flexibility index (Phi) is 2.62. The van der Waals surface area contributed by atoms with Gasteiger partial charge in [0.2, 0.25) is 0 Å². The number of nitro benzene ring substituents is 1. The number of benzene rings is 1. The normalized spacial score (nSPS) is 9.83. The summed E-state index contributed by atoms with van der Waals surface area (Å²) < 4.78 is 0. The van der Waals surface area contributed by atoms with E-state index in [1.54, 1.807) is 0 Å². The molecule has 0 amide bonds. The Morgan fingerprint density at radius 1 is 1.58 bits per heavy atom. The fourth-order valence-corrected chi connectivity index (χ4v) is 1.07. The van der Waals surface area contributed by atoms with Gasteiger partial charge in [0.1, 0.15) is 5.02 Å². The summed E-state index contributed by atoms with van der Waals surface area (Å²) in [4.78, 5) is 9.71. The van der Waals surface area contributed by atoms with Gasteiger partial charge in [0.15, 0.2) is 0 Å². The number of aliphatic hydroxyl groups is 1. The van der Waals surface area contributed by atoms with E-state index >= 15 is 0 Å². The van der Waals surface area contributed by atoms with Gasteiger partial charge in [0.05, 0.1) is 11.5 Å². The van der Waals surface area contributed by atoms with Crippen molar-refractivity contribution in [1.29, 1.82) is 0 Å². The summed E-state index contributed by atoms with van der Waals surface area (Å²) in [6, 6.07) is 4.11. The van der Waals surface area contributed by atoms with Crippen LogP contribution in [0.5, 0.6) is 0 Å². The average molecular weight is 188 g/mol. The van der Waals surface area contributed by atoms with Crippen LogP contribution < -0.4 is 0 Å². The van der Waals surface area contributed by atoms with Crippen molar-refractivity contribution in [3.05, 3.63) is 38.9 Å². The van der Waals surface area contributed by atoms with E-state index in [9.17, 15) is 10.1 Å². The van der Waals surface area contributed by atoms with Crippen LogP contribution >= 0.6 is 11.6 Å². The number of nitro groups is 1. The van der Waals surface area contributed by atoms with E-state index in [1.807, 2.05) is 0 Å². The number of halogens is 1. The minimum Gasteiger partial charge on any atom is -0.392 e. The lowest BCUT2D eigenvalue weighted by Crippen LogP contribution is -1.90. The molecule has 0 saturated heterocycles. The Morgan fingerprint density at radius 3 is 2.67 bits per heavy atom. The Morgan fingerprint density at radius 2 is 2.25 bits per heavy atom. The van der Waals surface area contributed by atoms with Crippen molar-refractivity contribution < 1.29 is 10.0 Å². The third kappa shape index (κ3) is 1.72. The highest BCUT2D eigenvalue weighted by molar-refractivity contribution is 6.32. The van der Waals surface area contributed by atoms with E-state index in [0.29, 0.717) is 5.56 Å². The maximum absolute atomic E-state index is 10.3. The van der Waals surface area contributed by atoms with Gasteiger partial charge in [-0.25, -0.2) is 0 Å². The summed E-state index contributed by atoms with van der Waals surface area (Å²) in [5, 5.41) is 19.0. The Bertz CT molecular complexity index is 314. The monoisotopic (exact) mass is 187 g/mol. The molecule has 0 aliphatic heterocycles. The predicted molar refractivity (Wildman–Crippen MR) is 44.0 cm³/mol. The van der Waals surface area contributed by atoms with Gasteiger partial charge in [-0.3, -0.25) is 10.1 Å². The molecule has 0 atom stereocenters. The molecule has 1 aromatic rings. The van der Waals surface area contributed by atoms with Crippen molar-refractivity contribution in [3.8, 4) is 0 Å². The van der Waals surface area contributed by atoms with Crippen LogP contribution in [0.3, 0.4) is 0 Å². The molecule has 0 spiro atoms. The van der Waals surface area contributed by atoms with Gasteiger partial charge in [-0.05, 0) is 17.7 Å².